The van der Waals surface area contributed by atoms with Crippen LogP contribution in [0.15, 0.2) is 59.6 Å². The third-order valence-electron chi connectivity index (χ3n) is 2.71. The van der Waals surface area contributed by atoms with Crippen molar-refractivity contribution >= 4 is 23.9 Å². The second kappa shape index (κ2) is 6.83. The predicted molar refractivity (Wildman–Crippen MR) is 81.5 cm³/mol. The van der Waals surface area contributed by atoms with E-state index in [-0.39, 0.29) is 0 Å². The lowest BCUT2D eigenvalue weighted by molar-refractivity contribution is -0.131. The van der Waals surface area contributed by atoms with Crippen LogP contribution in [0.25, 0.3) is 6.08 Å². The molecule has 0 amide bonds. The summed E-state index contributed by atoms with van der Waals surface area (Å²) in [4.78, 5) is 14.7. The maximum atomic E-state index is 10.4. The average Bonchev–Trinajstić information content (AvgIpc) is 2.52. The van der Waals surface area contributed by atoms with Gasteiger partial charge in [-0.3, -0.25) is 4.99 Å². The number of nitrogens with zero attached hydrogens (tertiary/aromatic N) is 2. The smallest absolute Gasteiger partial charge is 0.328 e. The van der Waals surface area contributed by atoms with Crippen LogP contribution in [0.3, 0.4) is 0 Å². The molecule has 2 aromatic carbocycles. The van der Waals surface area contributed by atoms with Gasteiger partial charge in [-0.05, 0) is 41.5 Å². The van der Waals surface area contributed by atoms with Crippen LogP contribution in [0.4, 0.5) is 5.69 Å². The second-order valence-corrected chi connectivity index (χ2v) is 4.26. The number of aliphatic imine (C=N–C) groups is 1. The lowest BCUT2D eigenvalue weighted by Gasteiger charge is -1.96. The molecular formula is C17H12N2O2. The number of carbonyl (C=O) groups is 1. The first-order valence-corrected chi connectivity index (χ1v) is 6.23. The van der Waals surface area contributed by atoms with Gasteiger partial charge in [0.15, 0.2) is 0 Å². The summed E-state index contributed by atoms with van der Waals surface area (Å²) in [5, 5.41) is 17.3. The van der Waals surface area contributed by atoms with E-state index in [0.717, 1.165) is 22.9 Å². The number of rotatable bonds is 4. The Morgan fingerprint density at radius 3 is 2.24 bits per heavy atom. The van der Waals surface area contributed by atoms with Crippen molar-refractivity contribution in [1.82, 2.24) is 0 Å². The number of nitriles is 1. The Morgan fingerprint density at radius 1 is 1.05 bits per heavy atom. The Morgan fingerprint density at radius 2 is 1.67 bits per heavy atom. The van der Waals surface area contributed by atoms with Gasteiger partial charge in [0.05, 0.1) is 17.3 Å². The SMILES string of the molecule is N#Cc1ccc(C=Nc2ccc(C=CC(=O)O)cc2)cc1. The number of benzene rings is 2. The molecular weight excluding hydrogens is 264 g/mol. The zero-order valence-electron chi connectivity index (χ0n) is 11.1. The van der Waals surface area contributed by atoms with Crippen LogP contribution < -0.4 is 0 Å². The molecule has 0 aliphatic rings. The molecule has 0 spiro atoms. The zero-order valence-corrected chi connectivity index (χ0v) is 11.1. The summed E-state index contributed by atoms with van der Waals surface area (Å²) in [5.41, 5.74) is 3.09. The molecule has 0 fully saturated rings. The minimum absolute atomic E-state index is 0.613. The molecule has 4 heteroatoms. The Labute approximate surface area is 122 Å². The van der Waals surface area contributed by atoms with Gasteiger partial charge in [0.25, 0.3) is 0 Å². The molecule has 0 saturated heterocycles. The van der Waals surface area contributed by atoms with Gasteiger partial charge >= 0.3 is 5.97 Å². The van der Waals surface area contributed by atoms with Crippen LogP contribution in [-0.4, -0.2) is 17.3 Å². The van der Waals surface area contributed by atoms with E-state index in [2.05, 4.69) is 11.1 Å². The first kappa shape index (κ1) is 14.2. The quantitative estimate of drug-likeness (QED) is 0.687. The van der Waals surface area contributed by atoms with Crippen LogP contribution >= 0.6 is 0 Å². The minimum atomic E-state index is -0.974. The summed E-state index contributed by atoms with van der Waals surface area (Å²) >= 11 is 0. The number of aliphatic carboxylic acids is 1. The highest BCUT2D eigenvalue weighted by molar-refractivity contribution is 5.85. The van der Waals surface area contributed by atoms with Gasteiger partial charge in [0.1, 0.15) is 0 Å². The fourth-order valence-corrected chi connectivity index (χ4v) is 1.63. The molecule has 4 nitrogen and oxygen atoms in total. The molecule has 0 bridgehead atoms. The summed E-state index contributed by atoms with van der Waals surface area (Å²) in [6.07, 6.45) is 4.33. The van der Waals surface area contributed by atoms with Crippen LogP contribution in [-0.2, 0) is 4.79 Å². The third kappa shape index (κ3) is 4.44. The Hall–Kier alpha value is -3.19. The molecule has 0 unspecified atom stereocenters. The van der Waals surface area contributed by atoms with Gasteiger partial charge in [-0.15, -0.1) is 0 Å². The number of carboxylic acid groups (broad SMARTS) is 1. The van der Waals surface area contributed by atoms with E-state index in [4.69, 9.17) is 10.4 Å². The number of hydrogen-bond donors (Lipinski definition) is 1. The second-order valence-electron chi connectivity index (χ2n) is 4.26. The maximum absolute atomic E-state index is 10.4. The largest absolute Gasteiger partial charge is 0.478 e. The molecule has 0 atom stereocenters. The fraction of sp³-hybridized carbons (Fsp3) is 0. The normalized spacial score (nSPS) is 10.8. The van der Waals surface area contributed by atoms with Gasteiger partial charge < -0.3 is 5.11 Å². The molecule has 2 aromatic rings. The highest BCUT2D eigenvalue weighted by Crippen LogP contribution is 2.14. The summed E-state index contributed by atoms with van der Waals surface area (Å²) in [6.45, 7) is 0. The van der Waals surface area contributed by atoms with Crippen molar-refractivity contribution < 1.29 is 9.90 Å². The van der Waals surface area contributed by atoms with E-state index < -0.39 is 5.97 Å². The monoisotopic (exact) mass is 276 g/mol. The predicted octanol–water partition coefficient (Wildman–Crippen LogP) is 3.41. The minimum Gasteiger partial charge on any atom is -0.478 e. The van der Waals surface area contributed by atoms with Crippen molar-refractivity contribution in [2.24, 2.45) is 4.99 Å². The van der Waals surface area contributed by atoms with Gasteiger partial charge in [-0.2, -0.15) is 5.26 Å². The Balaban J connectivity index is 2.07. The lowest BCUT2D eigenvalue weighted by Crippen LogP contribution is -1.85. The molecule has 0 heterocycles. The summed E-state index contributed by atoms with van der Waals surface area (Å²) in [7, 11) is 0. The maximum Gasteiger partial charge on any atom is 0.328 e. The third-order valence-corrected chi connectivity index (χ3v) is 2.71. The van der Waals surface area contributed by atoms with Crippen LogP contribution in [0.5, 0.6) is 0 Å². The molecule has 21 heavy (non-hydrogen) atoms. The first-order chi connectivity index (χ1) is 10.2. The van der Waals surface area contributed by atoms with Gasteiger partial charge in [-0.1, -0.05) is 24.3 Å². The Bertz CT molecular complexity index is 721. The molecule has 2 rings (SSSR count). The van der Waals surface area contributed by atoms with E-state index >= 15 is 0 Å². The van der Waals surface area contributed by atoms with Crippen molar-refractivity contribution in [3.8, 4) is 6.07 Å². The zero-order chi connectivity index (χ0) is 15.1. The summed E-state index contributed by atoms with van der Waals surface area (Å²) < 4.78 is 0. The van der Waals surface area contributed by atoms with Crippen LogP contribution in [0.2, 0.25) is 0 Å². The van der Waals surface area contributed by atoms with Crippen molar-refractivity contribution in [3.63, 3.8) is 0 Å². The van der Waals surface area contributed by atoms with Crippen LogP contribution in [0.1, 0.15) is 16.7 Å². The molecule has 0 saturated carbocycles. The molecule has 0 radical (unpaired) electrons. The van der Waals surface area contributed by atoms with E-state index in [1.54, 1.807) is 30.5 Å². The van der Waals surface area contributed by atoms with E-state index in [9.17, 15) is 4.79 Å². The van der Waals surface area contributed by atoms with E-state index in [1.807, 2.05) is 24.3 Å². The topological polar surface area (TPSA) is 73.5 Å². The van der Waals surface area contributed by atoms with Crippen molar-refractivity contribution in [1.29, 1.82) is 5.26 Å². The molecule has 1 N–H and O–H groups in total. The van der Waals surface area contributed by atoms with Crippen molar-refractivity contribution in [2.45, 2.75) is 0 Å². The Kier molecular flexibility index (Phi) is 4.62. The standard InChI is InChI=1S/C17H12N2O2/c18-11-14-1-3-15(4-2-14)12-19-16-8-5-13(6-9-16)7-10-17(20)21/h1-10,12H,(H,20,21). The molecule has 102 valence electrons. The average molecular weight is 276 g/mol. The van der Waals surface area contributed by atoms with E-state index in [0.29, 0.717) is 5.56 Å². The van der Waals surface area contributed by atoms with Gasteiger partial charge in [0, 0.05) is 12.3 Å². The van der Waals surface area contributed by atoms with Gasteiger partial charge in [0.2, 0.25) is 0 Å². The van der Waals surface area contributed by atoms with E-state index in [1.165, 1.54) is 6.08 Å². The highest BCUT2D eigenvalue weighted by atomic mass is 16.4. The summed E-state index contributed by atoms with van der Waals surface area (Å²) in [5.74, 6) is -0.974. The molecule has 0 aliphatic carbocycles. The molecule has 0 aromatic heterocycles. The first-order valence-electron chi connectivity index (χ1n) is 6.23. The summed E-state index contributed by atoms with van der Waals surface area (Å²) in [6, 6.07) is 16.4. The fourth-order valence-electron chi connectivity index (χ4n) is 1.63. The van der Waals surface area contributed by atoms with Gasteiger partial charge in [-0.25, -0.2) is 4.79 Å². The lowest BCUT2D eigenvalue weighted by atomic mass is 10.1. The van der Waals surface area contributed by atoms with Crippen LogP contribution in [0, 0.1) is 11.3 Å². The molecule has 0 aliphatic heterocycles. The number of hydrogen-bond acceptors (Lipinski definition) is 3. The van der Waals surface area contributed by atoms with Crippen molar-refractivity contribution in [2.75, 3.05) is 0 Å². The highest BCUT2D eigenvalue weighted by Gasteiger charge is 1.93. The van der Waals surface area contributed by atoms with Crippen molar-refractivity contribution in [3.05, 3.63) is 71.3 Å². The number of carboxylic acids is 1.